The van der Waals surface area contributed by atoms with Gasteiger partial charge in [0.15, 0.2) is 0 Å². The van der Waals surface area contributed by atoms with E-state index in [2.05, 4.69) is 5.32 Å². The predicted octanol–water partition coefficient (Wildman–Crippen LogP) is 3.25. The third-order valence-electron chi connectivity index (χ3n) is 2.25. The van der Waals surface area contributed by atoms with Gasteiger partial charge in [-0.05, 0) is 24.6 Å². The Bertz CT molecular complexity index is 582. The van der Waals surface area contributed by atoms with E-state index in [1.807, 2.05) is 0 Å². The van der Waals surface area contributed by atoms with E-state index in [0.29, 0.717) is 23.8 Å². The van der Waals surface area contributed by atoms with E-state index in [1.165, 1.54) is 6.92 Å². The number of benzene rings is 1. The van der Waals surface area contributed by atoms with Gasteiger partial charge in [-0.3, -0.25) is 4.79 Å². The second-order valence-corrected chi connectivity index (χ2v) is 4.21. The van der Waals surface area contributed by atoms with Gasteiger partial charge in [-0.1, -0.05) is 11.6 Å². The quantitative estimate of drug-likeness (QED) is 0.842. The molecule has 0 fully saturated rings. The summed E-state index contributed by atoms with van der Waals surface area (Å²) in [4.78, 5) is 21.6. The lowest BCUT2D eigenvalue weighted by Gasteiger charge is -2.13. The Morgan fingerprint density at radius 1 is 1.30 bits per heavy atom. The molecule has 1 amide bonds. The van der Waals surface area contributed by atoms with Crippen LogP contribution in [0.25, 0.3) is 0 Å². The highest BCUT2D eigenvalue weighted by atomic mass is 35.5. The summed E-state index contributed by atoms with van der Waals surface area (Å²) in [5.41, 5.74) is -0.857. The second kappa shape index (κ2) is 5.96. The molecular weight excluding hydrogens is 299 g/mol. The minimum atomic E-state index is -4.65. The fourth-order valence-corrected chi connectivity index (χ4v) is 1.67. The highest BCUT2D eigenvalue weighted by Crippen LogP contribution is 2.37. The molecule has 0 saturated carbocycles. The highest BCUT2D eigenvalue weighted by Gasteiger charge is 2.33. The van der Waals surface area contributed by atoms with Crippen LogP contribution < -0.4 is 5.32 Å². The van der Waals surface area contributed by atoms with Crippen molar-refractivity contribution in [2.45, 2.75) is 13.1 Å². The minimum absolute atomic E-state index is 0.0956. The average molecular weight is 308 g/mol. The molecule has 2 N–H and O–H groups in total. The predicted molar refractivity (Wildman–Crippen MR) is 66.6 cm³/mol. The van der Waals surface area contributed by atoms with Gasteiger partial charge in [0.1, 0.15) is 0 Å². The number of anilines is 1. The molecule has 4 nitrogen and oxygen atoms in total. The Balaban J connectivity index is 3.07. The van der Waals surface area contributed by atoms with E-state index >= 15 is 0 Å². The zero-order valence-corrected chi connectivity index (χ0v) is 10.8. The summed E-state index contributed by atoms with van der Waals surface area (Å²) in [6.45, 7) is 1.46. The second-order valence-electron chi connectivity index (χ2n) is 3.81. The zero-order valence-electron chi connectivity index (χ0n) is 10.1. The van der Waals surface area contributed by atoms with Crippen LogP contribution in [-0.4, -0.2) is 17.0 Å². The first-order chi connectivity index (χ1) is 9.11. The average Bonchev–Trinajstić information content (AvgIpc) is 2.28. The van der Waals surface area contributed by atoms with Crippen LogP contribution in [0.3, 0.4) is 0 Å². The van der Waals surface area contributed by atoms with Crippen LogP contribution in [0.15, 0.2) is 24.3 Å². The first kappa shape index (κ1) is 16.0. The molecule has 0 aliphatic heterocycles. The van der Waals surface area contributed by atoms with E-state index in [0.717, 1.165) is 6.07 Å². The number of amides is 1. The fourth-order valence-electron chi connectivity index (χ4n) is 1.35. The number of aliphatic carboxylic acids is 1. The van der Waals surface area contributed by atoms with Crippen molar-refractivity contribution in [2.75, 3.05) is 5.32 Å². The smallest absolute Gasteiger partial charge is 0.417 e. The Kier molecular flexibility index (Phi) is 4.78. The van der Waals surface area contributed by atoms with E-state index in [9.17, 15) is 22.8 Å². The zero-order chi connectivity index (χ0) is 15.5. The number of alkyl halides is 3. The lowest BCUT2D eigenvalue weighted by Crippen LogP contribution is -2.12. The van der Waals surface area contributed by atoms with Gasteiger partial charge in [-0.15, -0.1) is 0 Å². The summed E-state index contributed by atoms with van der Waals surface area (Å²) in [5, 5.41) is 10.0. The molecule has 8 heteroatoms. The van der Waals surface area contributed by atoms with Gasteiger partial charge < -0.3 is 10.4 Å². The summed E-state index contributed by atoms with van der Waals surface area (Å²) in [5.74, 6) is -2.20. The normalized spacial score (nSPS) is 11.7. The lowest BCUT2D eigenvalue weighted by molar-refractivity contribution is -0.137. The third-order valence-corrected chi connectivity index (χ3v) is 2.57. The van der Waals surface area contributed by atoms with Crippen molar-refractivity contribution in [3.63, 3.8) is 0 Å². The van der Waals surface area contributed by atoms with Crippen LogP contribution in [0.5, 0.6) is 0 Å². The van der Waals surface area contributed by atoms with Crippen molar-refractivity contribution < 1.29 is 27.9 Å². The number of carbonyl (C=O) groups is 2. The molecule has 0 aromatic heterocycles. The first-order valence-corrected chi connectivity index (χ1v) is 5.58. The van der Waals surface area contributed by atoms with Gasteiger partial charge in [0.2, 0.25) is 5.91 Å². The molecule has 0 radical (unpaired) electrons. The third kappa shape index (κ3) is 4.27. The maximum Gasteiger partial charge on any atom is 0.417 e. The molecular formula is C12H9ClF3NO3. The number of halogens is 4. The highest BCUT2D eigenvalue weighted by molar-refractivity contribution is 6.31. The number of aryl methyl sites for hydroxylation is 1. The lowest BCUT2D eigenvalue weighted by atomic mass is 10.1. The summed E-state index contributed by atoms with van der Waals surface area (Å²) in [6, 6.07) is 1.77. The Morgan fingerprint density at radius 2 is 1.90 bits per heavy atom. The van der Waals surface area contributed by atoms with Crippen LogP contribution >= 0.6 is 11.6 Å². The molecule has 0 atom stereocenters. The monoisotopic (exact) mass is 307 g/mol. The molecule has 1 aromatic rings. The molecule has 1 rings (SSSR count). The summed E-state index contributed by atoms with van der Waals surface area (Å²) in [7, 11) is 0. The molecule has 108 valence electrons. The van der Waals surface area contributed by atoms with E-state index in [4.69, 9.17) is 16.7 Å². The number of carboxylic acid groups (broad SMARTS) is 1. The van der Waals surface area contributed by atoms with Crippen LogP contribution in [0.2, 0.25) is 5.02 Å². The molecule has 20 heavy (non-hydrogen) atoms. The van der Waals surface area contributed by atoms with Gasteiger partial charge >= 0.3 is 12.1 Å². The van der Waals surface area contributed by atoms with E-state index in [-0.39, 0.29) is 5.69 Å². The SMILES string of the molecule is Cc1cc(Cl)c(C(F)(F)F)cc1NC(=O)/C=C\C(=O)O. The Hall–Kier alpha value is -2.02. The van der Waals surface area contributed by atoms with Crippen molar-refractivity contribution in [1.82, 2.24) is 0 Å². The molecule has 1 aromatic carbocycles. The molecule has 0 aliphatic carbocycles. The summed E-state index contributed by atoms with van der Waals surface area (Å²) >= 11 is 5.50. The molecule has 0 unspecified atom stereocenters. The van der Waals surface area contributed by atoms with Gasteiger partial charge in [-0.25, -0.2) is 4.79 Å². The van der Waals surface area contributed by atoms with Crippen LogP contribution in [0.1, 0.15) is 11.1 Å². The Morgan fingerprint density at radius 3 is 2.40 bits per heavy atom. The van der Waals surface area contributed by atoms with Crippen molar-refractivity contribution in [3.05, 3.63) is 40.4 Å². The number of carboxylic acids is 1. The van der Waals surface area contributed by atoms with Crippen LogP contribution in [-0.2, 0) is 15.8 Å². The molecule has 0 bridgehead atoms. The molecule has 0 saturated heterocycles. The van der Waals surface area contributed by atoms with Gasteiger partial charge in [-0.2, -0.15) is 13.2 Å². The maximum absolute atomic E-state index is 12.7. The molecule has 0 aliphatic rings. The van der Waals surface area contributed by atoms with Gasteiger partial charge in [0.05, 0.1) is 10.6 Å². The molecule has 0 heterocycles. The molecule has 0 spiro atoms. The largest absolute Gasteiger partial charge is 0.478 e. The van der Waals surface area contributed by atoms with Crippen molar-refractivity contribution in [1.29, 1.82) is 0 Å². The minimum Gasteiger partial charge on any atom is -0.478 e. The number of rotatable bonds is 3. The van der Waals surface area contributed by atoms with E-state index < -0.39 is 28.6 Å². The van der Waals surface area contributed by atoms with E-state index in [1.54, 1.807) is 0 Å². The van der Waals surface area contributed by atoms with Gasteiger partial charge in [0.25, 0.3) is 0 Å². The van der Waals surface area contributed by atoms with Crippen molar-refractivity contribution >= 4 is 29.2 Å². The fraction of sp³-hybridized carbons (Fsp3) is 0.167. The van der Waals surface area contributed by atoms with Crippen molar-refractivity contribution in [2.24, 2.45) is 0 Å². The number of carbonyl (C=O) groups excluding carboxylic acids is 1. The van der Waals surface area contributed by atoms with Crippen molar-refractivity contribution in [3.8, 4) is 0 Å². The standard InChI is InChI=1S/C12H9ClF3NO3/c1-6-4-8(13)7(12(14,15)16)5-9(6)17-10(18)2-3-11(19)20/h2-5H,1H3,(H,17,18)(H,19,20)/b3-2-. The number of nitrogens with one attached hydrogen (secondary N) is 1. The topological polar surface area (TPSA) is 66.4 Å². The number of hydrogen-bond donors (Lipinski definition) is 2. The Labute approximate surface area is 116 Å². The maximum atomic E-state index is 12.7. The number of hydrogen-bond acceptors (Lipinski definition) is 2. The van der Waals surface area contributed by atoms with Crippen LogP contribution in [0, 0.1) is 6.92 Å². The van der Waals surface area contributed by atoms with Crippen LogP contribution in [0.4, 0.5) is 18.9 Å². The summed E-state index contributed by atoms with van der Waals surface area (Å²) < 4.78 is 38.0. The summed E-state index contributed by atoms with van der Waals surface area (Å²) in [6.07, 6.45) is -3.38. The van der Waals surface area contributed by atoms with Gasteiger partial charge in [0, 0.05) is 17.8 Å². The first-order valence-electron chi connectivity index (χ1n) is 5.20.